The molecule has 0 aromatic heterocycles. The van der Waals surface area contributed by atoms with Crippen molar-refractivity contribution < 1.29 is 4.79 Å². The first-order valence-corrected chi connectivity index (χ1v) is 7.81. The Morgan fingerprint density at radius 3 is 2.32 bits per heavy atom. The van der Waals surface area contributed by atoms with Crippen molar-refractivity contribution in [3.05, 3.63) is 69.2 Å². The molecule has 0 radical (unpaired) electrons. The van der Waals surface area contributed by atoms with E-state index in [4.69, 9.17) is 23.2 Å². The van der Waals surface area contributed by atoms with Crippen LogP contribution >= 0.6 is 23.2 Å². The van der Waals surface area contributed by atoms with Crippen LogP contribution in [0, 0.1) is 6.92 Å². The minimum Gasteiger partial charge on any atom is -0.338 e. The highest BCUT2D eigenvalue weighted by atomic mass is 35.5. The van der Waals surface area contributed by atoms with Crippen molar-refractivity contribution in [2.24, 2.45) is 0 Å². The van der Waals surface area contributed by atoms with Crippen molar-refractivity contribution in [3.63, 3.8) is 0 Å². The quantitative estimate of drug-likeness (QED) is 0.837. The molecule has 0 aliphatic rings. The summed E-state index contributed by atoms with van der Waals surface area (Å²) in [5.74, 6) is 0. The molecule has 116 valence electrons. The third kappa shape index (κ3) is 5.24. The summed E-state index contributed by atoms with van der Waals surface area (Å²) in [6, 6.07) is 13.4. The Balaban J connectivity index is 1.71. The van der Waals surface area contributed by atoms with E-state index in [1.54, 1.807) is 6.07 Å². The van der Waals surface area contributed by atoms with Crippen LogP contribution in [0.1, 0.15) is 16.7 Å². The number of carbonyl (C=O) groups excluding carboxylic acids is 1. The third-order valence-corrected chi connectivity index (χ3v) is 4.00. The van der Waals surface area contributed by atoms with Crippen LogP contribution in [-0.4, -0.2) is 12.6 Å². The van der Waals surface area contributed by atoms with Crippen LogP contribution in [0.2, 0.25) is 10.0 Å². The number of urea groups is 1. The number of aryl methyl sites for hydroxylation is 1. The summed E-state index contributed by atoms with van der Waals surface area (Å²) >= 11 is 11.8. The average Bonchev–Trinajstić information content (AvgIpc) is 2.50. The predicted octanol–water partition coefficient (Wildman–Crippen LogP) is 4.34. The Bertz CT molecular complexity index is 642. The molecule has 0 fully saturated rings. The lowest BCUT2D eigenvalue weighted by molar-refractivity contribution is 0.240. The van der Waals surface area contributed by atoms with Crippen molar-refractivity contribution in [1.82, 2.24) is 10.6 Å². The number of carbonyl (C=O) groups is 1. The van der Waals surface area contributed by atoms with Gasteiger partial charge >= 0.3 is 6.03 Å². The van der Waals surface area contributed by atoms with Gasteiger partial charge in [-0.15, -0.1) is 0 Å². The van der Waals surface area contributed by atoms with E-state index in [9.17, 15) is 4.79 Å². The Labute approximate surface area is 140 Å². The molecule has 2 rings (SSSR count). The maximum absolute atomic E-state index is 11.7. The van der Waals surface area contributed by atoms with Gasteiger partial charge in [-0.3, -0.25) is 0 Å². The molecule has 0 spiro atoms. The summed E-state index contributed by atoms with van der Waals surface area (Å²) in [5.41, 5.74) is 3.31. The van der Waals surface area contributed by atoms with Gasteiger partial charge in [0.25, 0.3) is 0 Å². The van der Waals surface area contributed by atoms with E-state index in [0.717, 1.165) is 11.1 Å². The van der Waals surface area contributed by atoms with Gasteiger partial charge in [0, 0.05) is 13.1 Å². The smallest absolute Gasteiger partial charge is 0.315 e. The molecule has 0 atom stereocenters. The number of nitrogens with one attached hydrogen (secondary N) is 2. The molecule has 2 aromatic carbocycles. The van der Waals surface area contributed by atoms with Crippen LogP contribution in [0.25, 0.3) is 0 Å². The first kappa shape index (κ1) is 16.7. The van der Waals surface area contributed by atoms with Gasteiger partial charge in [0.2, 0.25) is 0 Å². The molecule has 3 nitrogen and oxygen atoms in total. The van der Waals surface area contributed by atoms with Crippen LogP contribution in [0.5, 0.6) is 0 Å². The first-order valence-electron chi connectivity index (χ1n) is 7.06. The third-order valence-electron chi connectivity index (χ3n) is 3.26. The molecule has 0 unspecified atom stereocenters. The Kier molecular flexibility index (Phi) is 6.10. The zero-order valence-electron chi connectivity index (χ0n) is 12.3. The van der Waals surface area contributed by atoms with Gasteiger partial charge in [-0.2, -0.15) is 0 Å². The summed E-state index contributed by atoms with van der Waals surface area (Å²) in [7, 11) is 0. The average molecular weight is 337 g/mol. The summed E-state index contributed by atoms with van der Waals surface area (Å²) in [6.45, 7) is 3.09. The van der Waals surface area contributed by atoms with Crippen molar-refractivity contribution in [2.75, 3.05) is 6.54 Å². The summed E-state index contributed by atoms with van der Waals surface area (Å²) in [4.78, 5) is 11.7. The maximum Gasteiger partial charge on any atom is 0.315 e. The van der Waals surface area contributed by atoms with Crippen LogP contribution in [-0.2, 0) is 13.0 Å². The molecular formula is C17H18Cl2N2O. The second-order valence-electron chi connectivity index (χ2n) is 5.09. The zero-order chi connectivity index (χ0) is 15.9. The summed E-state index contributed by atoms with van der Waals surface area (Å²) in [6.07, 6.45) is 0.703. The number of halogens is 2. The number of rotatable bonds is 5. The summed E-state index contributed by atoms with van der Waals surface area (Å²) < 4.78 is 0. The van der Waals surface area contributed by atoms with Crippen LogP contribution < -0.4 is 10.6 Å². The van der Waals surface area contributed by atoms with Gasteiger partial charge in [-0.05, 0) is 36.6 Å². The second-order valence-corrected chi connectivity index (χ2v) is 5.91. The van der Waals surface area contributed by atoms with Gasteiger partial charge in [-0.25, -0.2) is 4.79 Å². The van der Waals surface area contributed by atoms with Crippen molar-refractivity contribution >= 4 is 29.2 Å². The number of benzene rings is 2. The number of amides is 2. The standard InChI is InChI=1S/C17H18Cl2N2O/c1-12-2-4-14(5-3-12)11-21-17(22)20-9-8-13-6-7-15(18)16(19)10-13/h2-7,10H,8-9,11H2,1H3,(H2,20,21,22). The Morgan fingerprint density at radius 1 is 0.955 bits per heavy atom. The molecule has 22 heavy (non-hydrogen) atoms. The predicted molar refractivity (Wildman–Crippen MR) is 91.6 cm³/mol. The second kappa shape index (κ2) is 8.06. The fourth-order valence-electron chi connectivity index (χ4n) is 1.97. The molecule has 2 amide bonds. The van der Waals surface area contributed by atoms with Gasteiger partial charge in [0.15, 0.2) is 0 Å². The molecule has 5 heteroatoms. The SMILES string of the molecule is Cc1ccc(CNC(=O)NCCc2ccc(Cl)c(Cl)c2)cc1. The van der Waals surface area contributed by atoms with E-state index in [1.807, 2.05) is 43.3 Å². The van der Waals surface area contributed by atoms with E-state index in [-0.39, 0.29) is 6.03 Å². The van der Waals surface area contributed by atoms with E-state index >= 15 is 0 Å². The van der Waals surface area contributed by atoms with Gasteiger partial charge in [-0.1, -0.05) is 59.1 Å². The molecular weight excluding hydrogens is 319 g/mol. The van der Waals surface area contributed by atoms with E-state index in [1.165, 1.54) is 5.56 Å². The minimum absolute atomic E-state index is 0.180. The minimum atomic E-state index is -0.180. The van der Waals surface area contributed by atoms with Crippen LogP contribution in [0.4, 0.5) is 4.79 Å². The zero-order valence-corrected chi connectivity index (χ0v) is 13.8. The fourth-order valence-corrected chi connectivity index (χ4v) is 2.29. The van der Waals surface area contributed by atoms with Crippen LogP contribution in [0.15, 0.2) is 42.5 Å². The van der Waals surface area contributed by atoms with Gasteiger partial charge in [0.05, 0.1) is 10.0 Å². The fraction of sp³-hybridized carbons (Fsp3) is 0.235. The Morgan fingerprint density at radius 2 is 1.64 bits per heavy atom. The van der Waals surface area contributed by atoms with Crippen molar-refractivity contribution in [1.29, 1.82) is 0 Å². The van der Waals surface area contributed by atoms with Crippen LogP contribution in [0.3, 0.4) is 0 Å². The lowest BCUT2D eigenvalue weighted by Gasteiger charge is -2.08. The molecule has 2 aromatic rings. The number of hydrogen-bond acceptors (Lipinski definition) is 1. The highest BCUT2D eigenvalue weighted by Gasteiger charge is 2.02. The molecule has 0 aliphatic heterocycles. The summed E-state index contributed by atoms with van der Waals surface area (Å²) in [5, 5.41) is 6.72. The van der Waals surface area contributed by atoms with E-state index < -0.39 is 0 Å². The normalized spacial score (nSPS) is 10.3. The lowest BCUT2D eigenvalue weighted by Crippen LogP contribution is -2.36. The topological polar surface area (TPSA) is 41.1 Å². The van der Waals surface area contributed by atoms with Crippen molar-refractivity contribution in [3.8, 4) is 0 Å². The molecule has 0 bridgehead atoms. The van der Waals surface area contributed by atoms with Gasteiger partial charge < -0.3 is 10.6 Å². The molecule has 0 aliphatic carbocycles. The maximum atomic E-state index is 11.7. The highest BCUT2D eigenvalue weighted by molar-refractivity contribution is 6.42. The molecule has 0 saturated carbocycles. The molecule has 0 heterocycles. The lowest BCUT2D eigenvalue weighted by atomic mass is 10.1. The number of hydrogen-bond donors (Lipinski definition) is 2. The highest BCUT2D eigenvalue weighted by Crippen LogP contribution is 2.22. The monoisotopic (exact) mass is 336 g/mol. The van der Waals surface area contributed by atoms with Gasteiger partial charge in [0.1, 0.15) is 0 Å². The van der Waals surface area contributed by atoms with E-state index in [0.29, 0.717) is 29.6 Å². The Hall–Kier alpha value is -1.71. The largest absolute Gasteiger partial charge is 0.338 e. The molecule has 2 N–H and O–H groups in total. The first-order chi connectivity index (χ1) is 10.5. The van der Waals surface area contributed by atoms with Crippen molar-refractivity contribution in [2.45, 2.75) is 19.9 Å². The molecule has 0 saturated heterocycles. The van der Waals surface area contributed by atoms with E-state index in [2.05, 4.69) is 10.6 Å².